The number of benzene rings is 2. The highest BCUT2D eigenvalue weighted by Crippen LogP contribution is 2.32. The molecular weight excluding hydrogens is 463 g/mol. The summed E-state index contributed by atoms with van der Waals surface area (Å²) in [6.45, 7) is 5.46. The fraction of sp³-hybridized carbons (Fsp3) is 0.350. The molecule has 1 heterocycles. The number of thiocarbonyl (C=S) groups is 1. The zero-order valence-electron chi connectivity index (χ0n) is 17.4. The Morgan fingerprint density at radius 2 is 1.97 bits per heavy atom. The molecule has 2 aromatic carbocycles. The zero-order chi connectivity index (χ0) is 22.9. The van der Waals surface area contributed by atoms with E-state index < -0.39 is 34.0 Å². The molecule has 0 amide bonds. The molecule has 2 aromatic rings. The largest absolute Gasteiger partial charge is 0.495 e. The number of aryl methyl sites for hydroxylation is 1. The van der Waals surface area contributed by atoms with Crippen LogP contribution in [0.4, 0.5) is 4.39 Å². The van der Waals surface area contributed by atoms with Crippen LogP contribution < -0.4 is 25.6 Å². The molecule has 11 heteroatoms. The summed E-state index contributed by atoms with van der Waals surface area (Å²) >= 11 is 11.1. The number of ether oxygens (including phenoxy) is 1. The minimum Gasteiger partial charge on any atom is -0.495 e. The van der Waals surface area contributed by atoms with Gasteiger partial charge >= 0.3 is 0 Å². The van der Waals surface area contributed by atoms with E-state index in [1.165, 1.54) is 31.4 Å². The van der Waals surface area contributed by atoms with Crippen molar-refractivity contribution in [3.8, 4) is 5.75 Å². The molecule has 31 heavy (non-hydrogen) atoms. The quantitative estimate of drug-likeness (QED) is 0.447. The summed E-state index contributed by atoms with van der Waals surface area (Å²) in [4.78, 5) is -0.0773. The van der Waals surface area contributed by atoms with E-state index in [1.54, 1.807) is 13.0 Å². The van der Waals surface area contributed by atoms with Gasteiger partial charge in [-0.25, -0.2) is 23.0 Å². The highest BCUT2D eigenvalue weighted by Gasteiger charge is 2.37. The van der Waals surface area contributed by atoms with Gasteiger partial charge < -0.3 is 10.1 Å². The number of hydrogen-bond donors (Lipinski definition) is 4. The van der Waals surface area contributed by atoms with Gasteiger partial charge in [-0.1, -0.05) is 24.6 Å². The Hall–Kier alpha value is -1.98. The molecule has 168 valence electrons. The van der Waals surface area contributed by atoms with Crippen LogP contribution >= 0.6 is 23.8 Å². The van der Waals surface area contributed by atoms with E-state index >= 15 is 0 Å². The van der Waals surface area contributed by atoms with Gasteiger partial charge in [0.15, 0.2) is 5.11 Å². The van der Waals surface area contributed by atoms with Gasteiger partial charge in [-0.05, 0) is 61.0 Å². The molecule has 1 fully saturated rings. The van der Waals surface area contributed by atoms with Crippen LogP contribution in [-0.4, -0.2) is 32.8 Å². The second kappa shape index (κ2) is 9.25. The monoisotopic (exact) mass is 486 g/mol. The number of methoxy groups -OCH3 is 1. The fourth-order valence-electron chi connectivity index (χ4n) is 3.64. The van der Waals surface area contributed by atoms with Crippen molar-refractivity contribution in [3.05, 3.63) is 57.9 Å². The first kappa shape index (κ1) is 23.7. The Labute approximate surface area is 191 Å². The maximum absolute atomic E-state index is 14.8. The van der Waals surface area contributed by atoms with Gasteiger partial charge in [-0.3, -0.25) is 5.43 Å². The number of nitrogens with one attached hydrogen (secondary N) is 4. The maximum atomic E-state index is 14.8. The molecule has 3 atom stereocenters. The molecule has 1 aliphatic heterocycles. The highest BCUT2D eigenvalue weighted by molar-refractivity contribution is 7.89. The predicted molar refractivity (Wildman–Crippen MR) is 122 cm³/mol. The van der Waals surface area contributed by atoms with Crippen molar-refractivity contribution >= 4 is 39.0 Å². The maximum Gasteiger partial charge on any atom is 0.244 e. The average molecular weight is 487 g/mol. The first-order valence-electron chi connectivity index (χ1n) is 9.48. The Kier molecular flexibility index (Phi) is 7.07. The van der Waals surface area contributed by atoms with Crippen LogP contribution in [0.1, 0.15) is 29.5 Å². The van der Waals surface area contributed by atoms with E-state index in [0.717, 1.165) is 11.1 Å². The lowest BCUT2D eigenvalue weighted by atomic mass is 9.87. The van der Waals surface area contributed by atoms with Crippen LogP contribution in [0.15, 0.2) is 35.2 Å². The minimum atomic E-state index is -4.07. The predicted octanol–water partition coefficient (Wildman–Crippen LogP) is 2.86. The van der Waals surface area contributed by atoms with Crippen molar-refractivity contribution in [2.24, 2.45) is 0 Å². The second-order valence-electron chi connectivity index (χ2n) is 7.35. The lowest BCUT2D eigenvalue weighted by Gasteiger charge is -2.31. The first-order chi connectivity index (χ1) is 14.5. The highest BCUT2D eigenvalue weighted by atomic mass is 35.5. The third kappa shape index (κ3) is 4.93. The molecule has 1 unspecified atom stereocenters. The second-order valence-corrected chi connectivity index (χ2v) is 9.88. The number of halogens is 2. The Morgan fingerprint density at radius 1 is 1.26 bits per heavy atom. The SMILES string of the molecule is COc1cc(Cl)ccc1S(=O)(=O)N[C@H](C1NNC(=S)N1)[C@H](C)c1c(F)ccc(C)c1C. The summed E-state index contributed by atoms with van der Waals surface area (Å²) in [5, 5.41) is 3.63. The normalized spacial score (nSPS) is 18.3. The topological polar surface area (TPSA) is 91.5 Å². The van der Waals surface area contributed by atoms with Gasteiger partial charge in [0.2, 0.25) is 10.0 Å². The van der Waals surface area contributed by atoms with E-state index in [9.17, 15) is 12.8 Å². The van der Waals surface area contributed by atoms with E-state index in [4.69, 9.17) is 28.6 Å². The van der Waals surface area contributed by atoms with Crippen LogP contribution in [-0.2, 0) is 10.0 Å². The molecular formula is C20H24ClFN4O3S2. The first-order valence-corrected chi connectivity index (χ1v) is 11.8. The smallest absolute Gasteiger partial charge is 0.244 e. The lowest BCUT2D eigenvalue weighted by Crippen LogP contribution is -2.55. The van der Waals surface area contributed by atoms with Gasteiger partial charge in [-0.15, -0.1) is 0 Å². The Balaban J connectivity index is 2.05. The molecule has 3 rings (SSSR count). The molecule has 4 N–H and O–H groups in total. The van der Waals surface area contributed by atoms with Gasteiger partial charge in [-0.2, -0.15) is 0 Å². The summed E-state index contributed by atoms with van der Waals surface area (Å²) in [6, 6.07) is 6.52. The molecule has 0 bridgehead atoms. The van der Waals surface area contributed by atoms with Crippen molar-refractivity contribution in [1.82, 2.24) is 20.9 Å². The van der Waals surface area contributed by atoms with Crippen LogP contribution in [0, 0.1) is 19.7 Å². The summed E-state index contributed by atoms with van der Waals surface area (Å²) in [5.41, 5.74) is 7.76. The number of hydrazine groups is 1. The van der Waals surface area contributed by atoms with Crippen molar-refractivity contribution < 1.29 is 17.5 Å². The van der Waals surface area contributed by atoms with Gasteiger partial charge in [0.25, 0.3) is 0 Å². The third-order valence-corrected chi connectivity index (χ3v) is 7.37. The minimum absolute atomic E-state index is 0.0773. The molecule has 1 saturated heterocycles. The van der Waals surface area contributed by atoms with Crippen LogP contribution in [0.2, 0.25) is 5.02 Å². The summed E-state index contributed by atoms with van der Waals surface area (Å²) in [5.74, 6) is -0.858. The van der Waals surface area contributed by atoms with E-state index in [1.807, 2.05) is 13.8 Å². The van der Waals surface area contributed by atoms with Crippen LogP contribution in [0.25, 0.3) is 0 Å². The third-order valence-electron chi connectivity index (χ3n) is 5.42. The summed E-state index contributed by atoms with van der Waals surface area (Å²) in [7, 11) is -2.71. The van der Waals surface area contributed by atoms with E-state index in [0.29, 0.717) is 15.7 Å². The Morgan fingerprint density at radius 3 is 2.58 bits per heavy atom. The number of sulfonamides is 1. The molecule has 0 saturated carbocycles. The lowest BCUT2D eigenvalue weighted by molar-refractivity contribution is 0.360. The zero-order valence-corrected chi connectivity index (χ0v) is 19.8. The van der Waals surface area contributed by atoms with E-state index in [-0.39, 0.29) is 10.6 Å². The Bertz CT molecular complexity index is 1110. The molecule has 0 radical (unpaired) electrons. The van der Waals surface area contributed by atoms with E-state index in [2.05, 4.69) is 20.9 Å². The van der Waals surface area contributed by atoms with Crippen molar-refractivity contribution in [2.45, 2.75) is 43.8 Å². The van der Waals surface area contributed by atoms with Crippen LogP contribution in [0.3, 0.4) is 0 Å². The fourth-order valence-corrected chi connectivity index (χ4v) is 5.47. The van der Waals surface area contributed by atoms with Crippen molar-refractivity contribution in [1.29, 1.82) is 0 Å². The molecule has 1 aliphatic rings. The molecule has 7 nitrogen and oxygen atoms in total. The van der Waals surface area contributed by atoms with Gasteiger partial charge in [0.1, 0.15) is 22.6 Å². The molecule has 0 spiro atoms. The molecule has 0 aliphatic carbocycles. The number of rotatable bonds is 7. The van der Waals surface area contributed by atoms with Gasteiger partial charge in [0, 0.05) is 17.0 Å². The van der Waals surface area contributed by atoms with Crippen LogP contribution in [0.5, 0.6) is 5.75 Å². The molecule has 0 aromatic heterocycles. The standard InChI is InChI=1S/C20H24ClFN4O3S2/c1-10-5-7-14(22)17(11(10)2)12(3)18(19-23-20(30)25-24-19)26-31(27,28)16-8-6-13(21)9-15(16)29-4/h5-9,12,18-19,24,26H,1-4H3,(H2,23,25,30)/t12-,18+,19?/m1/s1. The number of hydrogen-bond acceptors (Lipinski definition) is 5. The summed E-state index contributed by atoms with van der Waals surface area (Å²) < 4.78 is 49.3. The average Bonchev–Trinajstić information content (AvgIpc) is 3.14. The van der Waals surface area contributed by atoms with Gasteiger partial charge in [0.05, 0.1) is 13.2 Å². The van der Waals surface area contributed by atoms with Crippen molar-refractivity contribution in [3.63, 3.8) is 0 Å². The summed E-state index contributed by atoms with van der Waals surface area (Å²) in [6.07, 6.45) is -0.630. The van der Waals surface area contributed by atoms with Crippen molar-refractivity contribution in [2.75, 3.05) is 7.11 Å².